The predicted molar refractivity (Wildman–Crippen MR) is 130 cm³/mol. The third-order valence-electron chi connectivity index (χ3n) is 4.84. The Morgan fingerprint density at radius 3 is 2.09 bits per heavy atom. The molecule has 2 aromatic carbocycles. The van der Waals surface area contributed by atoms with E-state index >= 15 is 0 Å². The van der Waals surface area contributed by atoms with E-state index in [4.69, 9.17) is 0 Å². The highest BCUT2D eigenvalue weighted by Crippen LogP contribution is 2.24. The van der Waals surface area contributed by atoms with Crippen LogP contribution in [-0.4, -0.2) is 45.0 Å². The zero-order valence-electron chi connectivity index (χ0n) is 18.8. The topological polar surface area (TPSA) is 138 Å². The average molecular weight is 504 g/mol. The van der Waals surface area contributed by atoms with E-state index < -0.39 is 32.0 Å². The molecule has 0 bridgehead atoms. The van der Waals surface area contributed by atoms with Gasteiger partial charge in [0.05, 0.1) is 16.8 Å². The van der Waals surface area contributed by atoms with E-state index in [9.17, 15) is 21.6 Å². The van der Waals surface area contributed by atoms with E-state index in [1.54, 1.807) is 37.3 Å². The van der Waals surface area contributed by atoms with Crippen LogP contribution in [0.5, 0.6) is 0 Å². The van der Waals surface area contributed by atoms with Crippen LogP contribution in [0.25, 0.3) is 0 Å². The first-order valence-electron chi connectivity index (χ1n) is 10.3. The second-order valence-corrected chi connectivity index (χ2v) is 11.1. The molecule has 3 rings (SSSR count). The number of hydrogen-bond donors (Lipinski definition) is 2. The minimum atomic E-state index is -3.93. The molecular formula is C22H25N5O5S2. The normalized spacial score (nSPS) is 12.6. The van der Waals surface area contributed by atoms with Crippen molar-refractivity contribution in [1.29, 1.82) is 0 Å². The minimum Gasteiger partial charge on any atom is -0.324 e. The van der Waals surface area contributed by atoms with Crippen molar-refractivity contribution in [1.82, 2.24) is 9.97 Å². The minimum absolute atomic E-state index is 0.0533. The standard InChI is InChI=1S/C22H25N5O5S2/c1-4-20(27(33(3,29)30)18-10-6-16(2)7-11-18)21(28)25-17-8-12-19(13-9-17)34(31,32)26-22-23-14-5-15-24-22/h5-15,20H,4H2,1-3H3,(H,25,28)(H,23,24,26)/t20-/m0/s1. The fourth-order valence-electron chi connectivity index (χ4n) is 3.23. The van der Waals surface area contributed by atoms with Gasteiger partial charge >= 0.3 is 0 Å². The van der Waals surface area contributed by atoms with Crippen LogP contribution >= 0.6 is 0 Å². The molecule has 0 aliphatic heterocycles. The van der Waals surface area contributed by atoms with Crippen LogP contribution in [0, 0.1) is 6.92 Å². The number of aromatic nitrogens is 2. The number of carbonyl (C=O) groups is 1. The molecule has 2 N–H and O–H groups in total. The summed E-state index contributed by atoms with van der Waals surface area (Å²) in [7, 11) is -7.69. The molecule has 0 aliphatic rings. The Balaban J connectivity index is 1.79. The molecule has 12 heteroatoms. The Kier molecular flexibility index (Phi) is 7.52. The average Bonchev–Trinajstić information content (AvgIpc) is 2.78. The van der Waals surface area contributed by atoms with Crippen molar-refractivity contribution < 1.29 is 21.6 Å². The van der Waals surface area contributed by atoms with Gasteiger partial charge in [-0.25, -0.2) is 31.5 Å². The van der Waals surface area contributed by atoms with E-state index in [-0.39, 0.29) is 17.3 Å². The monoisotopic (exact) mass is 503 g/mol. The smallest absolute Gasteiger partial charge is 0.264 e. The summed E-state index contributed by atoms with van der Waals surface area (Å²) in [5.41, 5.74) is 1.65. The molecule has 3 aromatic rings. The lowest BCUT2D eigenvalue weighted by atomic mass is 10.1. The highest BCUT2D eigenvalue weighted by molar-refractivity contribution is 7.92. The lowest BCUT2D eigenvalue weighted by Crippen LogP contribution is -2.47. The van der Waals surface area contributed by atoms with Crippen molar-refractivity contribution in [2.75, 3.05) is 20.6 Å². The Bertz CT molecular complexity index is 1350. The SMILES string of the molecule is CC[C@@H](C(=O)Nc1ccc(S(=O)(=O)Nc2ncccn2)cc1)N(c1ccc(C)cc1)S(C)(=O)=O. The van der Waals surface area contributed by atoms with Crippen molar-refractivity contribution >= 4 is 43.3 Å². The van der Waals surface area contributed by atoms with Gasteiger partial charge < -0.3 is 5.32 Å². The molecule has 0 saturated carbocycles. The van der Waals surface area contributed by atoms with Crippen molar-refractivity contribution in [3.05, 3.63) is 72.6 Å². The van der Waals surface area contributed by atoms with Crippen molar-refractivity contribution in [3.8, 4) is 0 Å². The molecule has 1 heterocycles. The molecule has 0 saturated heterocycles. The third kappa shape index (κ3) is 6.08. The van der Waals surface area contributed by atoms with Gasteiger partial charge in [-0.2, -0.15) is 0 Å². The maximum absolute atomic E-state index is 13.0. The van der Waals surface area contributed by atoms with Crippen molar-refractivity contribution in [2.45, 2.75) is 31.2 Å². The fraction of sp³-hybridized carbons (Fsp3) is 0.227. The van der Waals surface area contributed by atoms with Crippen molar-refractivity contribution in [2.24, 2.45) is 0 Å². The number of amides is 1. The lowest BCUT2D eigenvalue weighted by molar-refractivity contribution is -0.117. The van der Waals surface area contributed by atoms with Crippen LogP contribution in [0.1, 0.15) is 18.9 Å². The number of rotatable bonds is 9. The summed E-state index contributed by atoms with van der Waals surface area (Å²) in [5.74, 6) is -0.609. The van der Waals surface area contributed by atoms with E-state index in [2.05, 4.69) is 20.0 Å². The second-order valence-electron chi connectivity index (χ2n) is 7.51. The zero-order chi connectivity index (χ0) is 24.9. The van der Waals surface area contributed by atoms with E-state index in [0.29, 0.717) is 11.4 Å². The molecule has 10 nitrogen and oxygen atoms in total. The summed E-state index contributed by atoms with van der Waals surface area (Å²) >= 11 is 0. The first-order chi connectivity index (χ1) is 16.0. The van der Waals surface area contributed by atoms with E-state index in [1.807, 2.05) is 6.92 Å². The van der Waals surface area contributed by atoms with Gasteiger partial charge in [0, 0.05) is 18.1 Å². The number of nitrogens with zero attached hydrogens (tertiary/aromatic N) is 3. The summed E-state index contributed by atoms with van der Waals surface area (Å²) in [4.78, 5) is 20.6. The molecule has 0 radical (unpaired) electrons. The maximum atomic E-state index is 13.0. The second kappa shape index (κ2) is 10.2. The van der Waals surface area contributed by atoms with Crippen LogP contribution in [0.3, 0.4) is 0 Å². The molecule has 1 aromatic heterocycles. The summed E-state index contributed by atoms with van der Waals surface area (Å²) in [5, 5.41) is 2.67. The molecule has 180 valence electrons. The van der Waals surface area contributed by atoms with Crippen LogP contribution in [0.15, 0.2) is 71.9 Å². The molecule has 1 atom stereocenters. The number of aryl methyl sites for hydroxylation is 1. The Morgan fingerprint density at radius 2 is 1.56 bits per heavy atom. The first-order valence-corrected chi connectivity index (χ1v) is 13.6. The first kappa shape index (κ1) is 25.1. The fourth-order valence-corrected chi connectivity index (χ4v) is 5.40. The Labute approximate surface area is 199 Å². The number of benzene rings is 2. The van der Waals surface area contributed by atoms with E-state index in [1.165, 1.54) is 36.7 Å². The van der Waals surface area contributed by atoms with E-state index in [0.717, 1.165) is 16.1 Å². The Hall–Kier alpha value is -3.51. The lowest BCUT2D eigenvalue weighted by Gasteiger charge is -2.30. The molecule has 0 unspecified atom stereocenters. The van der Waals surface area contributed by atoms with Gasteiger partial charge in [-0.1, -0.05) is 24.6 Å². The van der Waals surface area contributed by atoms with Gasteiger partial charge in [-0.3, -0.25) is 9.10 Å². The highest BCUT2D eigenvalue weighted by atomic mass is 32.2. The van der Waals surface area contributed by atoms with Gasteiger partial charge in [0.25, 0.3) is 10.0 Å². The largest absolute Gasteiger partial charge is 0.324 e. The highest BCUT2D eigenvalue weighted by Gasteiger charge is 2.31. The van der Waals surface area contributed by atoms with Gasteiger partial charge in [-0.05, 0) is 55.8 Å². The summed E-state index contributed by atoms with van der Waals surface area (Å²) in [6.07, 6.45) is 4.08. The van der Waals surface area contributed by atoms with Gasteiger partial charge in [0.1, 0.15) is 6.04 Å². The number of sulfonamides is 2. The molecular weight excluding hydrogens is 478 g/mol. The summed E-state index contributed by atoms with van der Waals surface area (Å²) in [6.45, 7) is 3.59. The summed E-state index contributed by atoms with van der Waals surface area (Å²) in [6, 6.07) is 12.9. The number of carbonyl (C=O) groups excluding carboxylic acids is 1. The van der Waals surface area contributed by atoms with Crippen LogP contribution in [0.4, 0.5) is 17.3 Å². The maximum Gasteiger partial charge on any atom is 0.264 e. The molecule has 0 spiro atoms. The van der Waals surface area contributed by atoms with Gasteiger partial charge in [0.15, 0.2) is 0 Å². The van der Waals surface area contributed by atoms with Crippen LogP contribution in [-0.2, 0) is 24.8 Å². The van der Waals surface area contributed by atoms with Gasteiger partial charge in [-0.15, -0.1) is 0 Å². The summed E-state index contributed by atoms with van der Waals surface area (Å²) < 4.78 is 53.5. The molecule has 0 fully saturated rings. The van der Waals surface area contributed by atoms with Crippen LogP contribution < -0.4 is 14.3 Å². The Morgan fingerprint density at radius 1 is 0.971 bits per heavy atom. The van der Waals surface area contributed by atoms with Gasteiger partial charge in [0.2, 0.25) is 21.9 Å². The van der Waals surface area contributed by atoms with Crippen molar-refractivity contribution in [3.63, 3.8) is 0 Å². The zero-order valence-corrected chi connectivity index (χ0v) is 20.5. The molecule has 1 amide bonds. The molecule has 34 heavy (non-hydrogen) atoms. The molecule has 0 aliphatic carbocycles. The van der Waals surface area contributed by atoms with Crippen LogP contribution in [0.2, 0.25) is 0 Å². The number of anilines is 3. The number of hydrogen-bond acceptors (Lipinski definition) is 7. The number of nitrogens with one attached hydrogen (secondary N) is 2. The third-order valence-corrected chi connectivity index (χ3v) is 7.37. The predicted octanol–water partition coefficient (Wildman–Crippen LogP) is 2.77. The quantitative estimate of drug-likeness (QED) is 0.458.